The second-order valence-electron chi connectivity index (χ2n) is 3.89. The van der Waals surface area contributed by atoms with Crippen LogP contribution in [-0.4, -0.2) is 31.1 Å². The number of H-pyrrole nitrogens is 1. The summed E-state index contributed by atoms with van der Waals surface area (Å²) < 4.78 is 0. The number of aromatic amines is 1. The van der Waals surface area contributed by atoms with Gasteiger partial charge in [-0.1, -0.05) is 6.92 Å². The van der Waals surface area contributed by atoms with E-state index >= 15 is 0 Å². The van der Waals surface area contributed by atoms with Crippen LogP contribution in [0.3, 0.4) is 0 Å². The average molecular weight is 246 g/mol. The molecule has 2 heterocycles. The van der Waals surface area contributed by atoms with Crippen LogP contribution in [0.15, 0.2) is 6.07 Å². The number of carbonyl (C=O) groups excluding carboxylic acids is 1. The summed E-state index contributed by atoms with van der Waals surface area (Å²) in [6.45, 7) is 5.61. The van der Waals surface area contributed by atoms with Crippen molar-refractivity contribution >= 4 is 11.9 Å². The van der Waals surface area contributed by atoms with Crippen LogP contribution >= 0.6 is 0 Å². The molecular weight excluding hydrogens is 232 g/mol. The van der Waals surface area contributed by atoms with Gasteiger partial charge in [-0.3, -0.25) is 15.2 Å². The molecule has 0 aromatic carbocycles. The maximum atomic E-state index is 11.8. The number of anilines is 1. The molecule has 2 rings (SSSR count). The van der Waals surface area contributed by atoms with Crippen LogP contribution in [0.1, 0.15) is 34.8 Å². The second-order valence-corrected chi connectivity index (χ2v) is 3.89. The molecule has 94 valence electrons. The van der Waals surface area contributed by atoms with Gasteiger partial charge < -0.3 is 0 Å². The first kappa shape index (κ1) is 12.2. The first-order valence-corrected chi connectivity index (χ1v) is 5.63. The number of hydrogen-bond acceptors (Lipinski definition) is 5. The summed E-state index contributed by atoms with van der Waals surface area (Å²) in [5.74, 6) is 0.604. The molecule has 0 unspecified atom stereocenters. The van der Waals surface area contributed by atoms with Crippen LogP contribution in [0, 0.1) is 13.8 Å². The summed E-state index contributed by atoms with van der Waals surface area (Å²) in [6, 6.07) is 1.83. The van der Waals surface area contributed by atoms with E-state index in [9.17, 15) is 4.79 Å². The first-order valence-electron chi connectivity index (χ1n) is 5.63. The van der Waals surface area contributed by atoms with Gasteiger partial charge in [-0.05, 0) is 19.9 Å². The maximum absolute atomic E-state index is 11.8. The lowest BCUT2D eigenvalue weighted by atomic mass is 10.3. The quantitative estimate of drug-likeness (QED) is 0.843. The van der Waals surface area contributed by atoms with E-state index in [0.717, 1.165) is 11.4 Å². The average Bonchev–Trinajstić information content (AvgIpc) is 2.75. The molecule has 0 aliphatic rings. The highest BCUT2D eigenvalue weighted by atomic mass is 16.2. The molecule has 2 N–H and O–H groups in total. The lowest BCUT2D eigenvalue weighted by Crippen LogP contribution is -2.16. The van der Waals surface area contributed by atoms with E-state index in [2.05, 4.69) is 30.5 Å². The maximum Gasteiger partial charge on any atom is 0.297 e. The molecule has 0 saturated carbocycles. The van der Waals surface area contributed by atoms with Gasteiger partial charge in [-0.2, -0.15) is 0 Å². The van der Waals surface area contributed by atoms with E-state index in [1.807, 2.05) is 26.8 Å². The zero-order valence-electron chi connectivity index (χ0n) is 10.5. The van der Waals surface area contributed by atoms with Gasteiger partial charge in [0.25, 0.3) is 5.91 Å². The number of nitrogens with zero attached hydrogens (tertiary/aromatic N) is 4. The zero-order chi connectivity index (χ0) is 13.1. The van der Waals surface area contributed by atoms with Crippen LogP contribution in [0.5, 0.6) is 0 Å². The van der Waals surface area contributed by atoms with Gasteiger partial charge in [0.2, 0.25) is 11.8 Å². The van der Waals surface area contributed by atoms with E-state index < -0.39 is 5.91 Å². The van der Waals surface area contributed by atoms with Crippen molar-refractivity contribution in [3.05, 3.63) is 29.1 Å². The van der Waals surface area contributed by atoms with Gasteiger partial charge in [-0.15, -0.1) is 5.10 Å². The molecule has 0 aliphatic carbocycles. The van der Waals surface area contributed by atoms with Crippen molar-refractivity contribution in [1.29, 1.82) is 0 Å². The summed E-state index contributed by atoms with van der Waals surface area (Å²) in [5, 5.41) is 9.08. The number of amides is 1. The Morgan fingerprint density at radius 1 is 1.28 bits per heavy atom. The minimum Gasteiger partial charge on any atom is -0.288 e. The van der Waals surface area contributed by atoms with E-state index in [-0.39, 0.29) is 11.8 Å². The summed E-state index contributed by atoms with van der Waals surface area (Å²) in [7, 11) is 0. The molecule has 7 heteroatoms. The molecule has 0 bridgehead atoms. The van der Waals surface area contributed by atoms with Crippen molar-refractivity contribution in [2.75, 3.05) is 5.32 Å². The van der Waals surface area contributed by atoms with Crippen molar-refractivity contribution in [2.24, 2.45) is 0 Å². The number of carbonyl (C=O) groups is 1. The SMILES string of the molecule is CCc1nc(C(=O)Nc2nc(C)cc(C)n2)n[nH]1. The Kier molecular flexibility index (Phi) is 3.31. The molecule has 0 spiro atoms. The minimum atomic E-state index is -0.420. The topological polar surface area (TPSA) is 96.5 Å². The third kappa shape index (κ3) is 2.68. The molecule has 0 radical (unpaired) electrons. The van der Waals surface area contributed by atoms with Crippen molar-refractivity contribution in [1.82, 2.24) is 25.1 Å². The van der Waals surface area contributed by atoms with E-state index in [1.165, 1.54) is 0 Å². The highest BCUT2D eigenvalue weighted by Crippen LogP contribution is 2.05. The summed E-state index contributed by atoms with van der Waals surface area (Å²) in [5.41, 5.74) is 1.59. The van der Waals surface area contributed by atoms with Crippen molar-refractivity contribution in [3.8, 4) is 0 Å². The molecule has 0 fully saturated rings. The second kappa shape index (κ2) is 4.91. The van der Waals surface area contributed by atoms with Crippen molar-refractivity contribution in [3.63, 3.8) is 0 Å². The minimum absolute atomic E-state index is 0.0922. The Balaban J connectivity index is 2.15. The smallest absolute Gasteiger partial charge is 0.288 e. The summed E-state index contributed by atoms with van der Waals surface area (Å²) in [6.07, 6.45) is 0.695. The molecule has 0 atom stereocenters. The van der Waals surface area contributed by atoms with Crippen LogP contribution in [0.2, 0.25) is 0 Å². The van der Waals surface area contributed by atoms with Gasteiger partial charge in [0.1, 0.15) is 5.82 Å². The summed E-state index contributed by atoms with van der Waals surface area (Å²) >= 11 is 0. The lowest BCUT2D eigenvalue weighted by Gasteiger charge is -2.02. The Morgan fingerprint density at radius 2 is 1.94 bits per heavy atom. The Labute approximate surface area is 104 Å². The Morgan fingerprint density at radius 3 is 2.50 bits per heavy atom. The Hall–Kier alpha value is -2.31. The van der Waals surface area contributed by atoms with Crippen LogP contribution in [0.25, 0.3) is 0 Å². The fourth-order valence-corrected chi connectivity index (χ4v) is 1.49. The molecule has 18 heavy (non-hydrogen) atoms. The largest absolute Gasteiger partial charge is 0.297 e. The predicted molar refractivity (Wildman–Crippen MR) is 65.2 cm³/mol. The fraction of sp³-hybridized carbons (Fsp3) is 0.364. The monoisotopic (exact) mass is 246 g/mol. The Bertz CT molecular complexity index is 556. The number of aryl methyl sites for hydroxylation is 3. The predicted octanol–water partition coefficient (Wildman–Crippen LogP) is 1.03. The molecule has 0 saturated heterocycles. The molecular formula is C11H14N6O. The third-order valence-corrected chi connectivity index (χ3v) is 2.28. The van der Waals surface area contributed by atoms with Gasteiger partial charge in [0.15, 0.2) is 0 Å². The standard InChI is InChI=1S/C11H14N6O/c1-4-8-14-9(17-16-8)10(18)15-11-12-6(2)5-7(3)13-11/h5H,4H2,1-3H3,(H,14,16,17)(H,12,13,15,18). The number of aromatic nitrogens is 5. The van der Waals surface area contributed by atoms with Crippen molar-refractivity contribution < 1.29 is 4.79 Å². The van der Waals surface area contributed by atoms with Crippen molar-refractivity contribution in [2.45, 2.75) is 27.2 Å². The zero-order valence-corrected chi connectivity index (χ0v) is 10.5. The molecule has 2 aromatic heterocycles. The number of hydrogen-bond donors (Lipinski definition) is 2. The molecule has 7 nitrogen and oxygen atoms in total. The highest BCUT2D eigenvalue weighted by molar-refractivity contribution is 6.00. The summed E-state index contributed by atoms with van der Waals surface area (Å²) in [4.78, 5) is 24.1. The lowest BCUT2D eigenvalue weighted by molar-refractivity contribution is 0.101. The van der Waals surface area contributed by atoms with Crippen LogP contribution in [-0.2, 0) is 6.42 Å². The van der Waals surface area contributed by atoms with Gasteiger partial charge in [0, 0.05) is 17.8 Å². The molecule has 2 aromatic rings. The van der Waals surface area contributed by atoms with Gasteiger partial charge in [0.05, 0.1) is 0 Å². The normalized spacial score (nSPS) is 10.4. The van der Waals surface area contributed by atoms with Gasteiger partial charge in [-0.25, -0.2) is 15.0 Å². The molecule has 1 amide bonds. The molecule has 0 aliphatic heterocycles. The van der Waals surface area contributed by atoms with E-state index in [4.69, 9.17) is 0 Å². The number of rotatable bonds is 3. The number of nitrogens with one attached hydrogen (secondary N) is 2. The first-order chi connectivity index (χ1) is 8.58. The highest BCUT2D eigenvalue weighted by Gasteiger charge is 2.13. The van der Waals surface area contributed by atoms with E-state index in [0.29, 0.717) is 12.2 Å². The fourth-order valence-electron chi connectivity index (χ4n) is 1.49. The third-order valence-electron chi connectivity index (χ3n) is 2.28. The van der Waals surface area contributed by atoms with E-state index in [1.54, 1.807) is 0 Å². The van der Waals surface area contributed by atoms with Crippen LogP contribution in [0.4, 0.5) is 5.95 Å². The van der Waals surface area contributed by atoms with Crippen LogP contribution < -0.4 is 5.32 Å². The van der Waals surface area contributed by atoms with Gasteiger partial charge >= 0.3 is 0 Å².